The van der Waals surface area contributed by atoms with Crippen molar-refractivity contribution in [2.24, 2.45) is 0 Å². The van der Waals surface area contributed by atoms with E-state index in [2.05, 4.69) is 0 Å². The normalized spacial score (nSPS) is 15.8. The van der Waals surface area contributed by atoms with Gasteiger partial charge in [-0.2, -0.15) is 8.42 Å². The molecular weight excluding hydrogens is 192 g/mol. The van der Waals surface area contributed by atoms with Gasteiger partial charge in [0, 0.05) is 0 Å². The van der Waals surface area contributed by atoms with E-state index < -0.39 is 21.0 Å². The Morgan fingerprint density at radius 3 is 1.69 bits per heavy atom. The quantitative estimate of drug-likeness (QED) is 0.669. The molecule has 80 valence electrons. The van der Waals surface area contributed by atoms with Crippen molar-refractivity contribution in [3.8, 4) is 0 Å². The van der Waals surface area contributed by atoms with Gasteiger partial charge in [-0.15, -0.1) is 0 Å². The maximum atomic E-state index is 10.9. The van der Waals surface area contributed by atoms with Crippen LogP contribution in [-0.4, -0.2) is 28.9 Å². The SMILES string of the molecule is CCC(C(O)(CC)CC)S(=O)(=O)O. The van der Waals surface area contributed by atoms with Gasteiger partial charge in [-0.1, -0.05) is 20.8 Å². The van der Waals surface area contributed by atoms with Gasteiger partial charge >= 0.3 is 0 Å². The molecule has 0 aromatic carbocycles. The molecule has 5 heteroatoms. The van der Waals surface area contributed by atoms with E-state index >= 15 is 0 Å². The Bertz CT molecular complexity index is 241. The van der Waals surface area contributed by atoms with Gasteiger partial charge in [0.1, 0.15) is 5.25 Å². The molecule has 4 nitrogen and oxygen atoms in total. The second-order valence-corrected chi connectivity index (χ2v) is 4.82. The Morgan fingerprint density at radius 2 is 1.62 bits per heavy atom. The zero-order valence-corrected chi connectivity index (χ0v) is 9.13. The summed E-state index contributed by atoms with van der Waals surface area (Å²) in [5.74, 6) is 0. The molecule has 1 unspecified atom stereocenters. The van der Waals surface area contributed by atoms with E-state index in [9.17, 15) is 13.5 Å². The summed E-state index contributed by atoms with van der Waals surface area (Å²) in [7, 11) is -4.15. The van der Waals surface area contributed by atoms with Crippen molar-refractivity contribution in [3.63, 3.8) is 0 Å². The van der Waals surface area contributed by atoms with Gasteiger partial charge in [-0.05, 0) is 19.3 Å². The molecule has 0 heterocycles. The van der Waals surface area contributed by atoms with Crippen LogP contribution < -0.4 is 0 Å². The summed E-state index contributed by atoms with van der Waals surface area (Å²) in [5.41, 5.74) is -1.30. The fourth-order valence-corrected chi connectivity index (χ4v) is 2.88. The summed E-state index contributed by atoms with van der Waals surface area (Å²) in [6, 6.07) is 0. The molecule has 0 saturated heterocycles. The van der Waals surface area contributed by atoms with Crippen molar-refractivity contribution in [2.75, 3.05) is 0 Å². The molecule has 0 bridgehead atoms. The van der Waals surface area contributed by atoms with E-state index in [1.54, 1.807) is 20.8 Å². The van der Waals surface area contributed by atoms with Gasteiger partial charge in [0.05, 0.1) is 5.60 Å². The largest absolute Gasteiger partial charge is 0.388 e. The van der Waals surface area contributed by atoms with Crippen LogP contribution in [0.1, 0.15) is 40.0 Å². The van der Waals surface area contributed by atoms with Crippen molar-refractivity contribution in [1.29, 1.82) is 0 Å². The van der Waals surface area contributed by atoms with E-state index in [1.165, 1.54) is 0 Å². The predicted octanol–water partition coefficient (Wildman–Crippen LogP) is 1.20. The van der Waals surface area contributed by atoms with E-state index in [1.807, 2.05) is 0 Å². The Hall–Kier alpha value is -0.130. The number of aliphatic hydroxyl groups is 1. The first-order chi connectivity index (χ1) is 5.81. The lowest BCUT2D eigenvalue weighted by atomic mass is 9.92. The zero-order valence-electron chi connectivity index (χ0n) is 8.32. The van der Waals surface area contributed by atoms with Crippen LogP contribution in [0.3, 0.4) is 0 Å². The second kappa shape index (κ2) is 4.39. The predicted molar refractivity (Wildman–Crippen MR) is 51.2 cm³/mol. The molecule has 0 aliphatic heterocycles. The molecule has 0 aromatic heterocycles. The van der Waals surface area contributed by atoms with Gasteiger partial charge in [0.25, 0.3) is 10.1 Å². The molecule has 0 fully saturated rings. The maximum Gasteiger partial charge on any atom is 0.270 e. The molecule has 0 spiro atoms. The van der Waals surface area contributed by atoms with Gasteiger partial charge in [0.2, 0.25) is 0 Å². The van der Waals surface area contributed by atoms with Crippen LogP contribution in [-0.2, 0) is 10.1 Å². The summed E-state index contributed by atoms with van der Waals surface area (Å²) in [6.07, 6.45) is 0.862. The number of hydrogen-bond donors (Lipinski definition) is 2. The molecule has 0 rings (SSSR count). The maximum absolute atomic E-state index is 10.9. The molecule has 0 radical (unpaired) electrons. The topological polar surface area (TPSA) is 74.6 Å². The third-order valence-corrected chi connectivity index (χ3v) is 4.05. The van der Waals surface area contributed by atoms with Crippen LogP contribution in [0.15, 0.2) is 0 Å². The van der Waals surface area contributed by atoms with E-state index in [4.69, 9.17) is 4.55 Å². The van der Waals surface area contributed by atoms with E-state index in [-0.39, 0.29) is 6.42 Å². The molecule has 0 aromatic rings. The Balaban J connectivity index is 4.96. The summed E-state index contributed by atoms with van der Waals surface area (Å²) in [4.78, 5) is 0. The lowest BCUT2D eigenvalue weighted by Gasteiger charge is -2.31. The minimum absolute atomic E-state index is 0.219. The highest BCUT2D eigenvalue weighted by atomic mass is 32.2. The summed E-state index contributed by atoms with van der Waals surface area (Å²) < 4.78 is 30.7. The van der Waals surface area contributed by atoms with Crippen molar-refractivity contribution in [1.82, 2.24) is 0 Å². The highest BCUT2D eigenvalue weighted by Gasteiger charge is 2.40. The van der Waals surface area contributed by atoms with E-state index in [0.717, 1.165) is 0 Å². The van der Waals surface area contributed by atoms with Crippen molar-refractivity contribution >= 4 is 10.1 Å². The fourth-order valence-electron chi connectivity index (χ4n) is 1.57. The average molecular weight is 210 g/mol. The highest BCUT2D eigenvalue weighted by molar-refractivity contribution is 7.86. The number of rotatable bonds is 5. The molecule has 2 N–H and O–H groups in total. The molecule has 0 amide bonds. The van der Waals surface area contributed by atoms with Crippen molar-refractivity contribution < 1.29 is 18.1 Å². The van der Waals surface area contributed by atoms with Crippen molar-refractivity contribution in [3.05, 3.63) is 0 Å². The minimum atomic E-state index is -4.15. The second-order valence-electron chi connectivity index (χ2n) is 3.22. The summed E-state index contributed by atoms with van der Waals surface area (Å²) in [5, 5.41) is 8.81. The summed E-state index contributed by atoms with van der Waals surface area (Å²) >= 11 is 0. The molecule has 0 saturated carbocycles. The van der Waals surface area contributed by atoms with E-state index in [0.29, 0.717) is 12.8 Å². The molecule has 1 atom stereocenters. The van der Waals surface area contributed by atoms with Crippen LogP contribution >= 0.6 is 0 Å². The lowest BCUT2D eigenvalue weighted by molar-refractivity contribution is 0.0245. The first-order valence-electron chi connectivity index (χ1n) is 4.50. The van der Waals surface area contributed by atoms with Crippen LogP contribution in [0, 0.1) is 0 Å². The minimum Gasteiger partial charge on any atom is -0.388 e. The molecular formula is C8H18O4S. The smallest absolute Gasteiger partial charge is 0.270 e. The van der Waals surface area contributed by atoms with Crippen LogP contribution in [0.5, 0.6) is 0 Å². The molecule has 0 aliphatic carbocycles. The van der Waals surface area contributed by atoms with Gasteiger partial charge in [-0.25, -0.2) is 0 Å². The Labute approximate surface area is 79.7 Å². The zero-order chi connectivity index (χ0) is 10.7. The lowest BCUT2D eigenvalue weighted by Crippen LogP contribution is -2.45. The number of hydrogen-bond acceptors (Lipinski definition) is 3. The third kappa shape index (κ3) is 2.93. The molecule has 13 heavy (non-hydrogen) atoms. The standard InChI is InChI=1S/C8H18O4S/c1-4-7(13(10,11)12)8(9,5-2)6-3/h7,9H,4-6H2,1-3H3,(H,10,11,12). The fraction of sp³-hybridized carbons (Fsp3) is 1.00. The monoisotopic (exact) mass is 210 g/mol. The van der Waals surface area contributed by atoms with Gasteiger partial charge in [-0.3, -0.25) is 4.55 Å². The van der Waals surface area contributed by atoms with Gasteiger partial charge < -0.3 is 5.11 Å². The summed E-state index contributed by atoms with van der Waals surface area (Å²) in [6.45, 7) is 5.05. The molecule has 0 aliphatic rings. The first kappa shape index (κ1) is 12.9. The van der Waals surface area contributed by atoms with Crippen LogP contribution in [0.25, 0.3) is 0 Å². The van der Waals surface area contributed by atoms with Crippen LogP contribution in [0.2, 0.25) is 0 Å². The highest BCUT2D eigenvalue weighted by Crippen LogP contribution is 2.26. The Morgan fingerprint density at radius 1 is 1.23 bits per heavy atom. The third-order valence-electron chi connectivity index (χ3n) is 2.55. The Kier molecular flexibility index (Phi) is 4.35. The average Bonchev–Trinajstić information content (AvgIpc) is 2.02. The van der Waals surface area contributed by atoms with Crippen molar-refractivity contribution in [2.45, 2.75) is 50.9 Å². The van der Waals surface area contributed by atoms with Gasteiger partial charge in [0.15, 0.2) is 0 Å². The van der Waals surface area contributed by atoms with Crippen LogP contribution in [0.4, 0.5) is 0 Å². The first-order valence-corrected chi connectivity index (χ1v) is 6.00.